The predicted molar refractivity (Wildman–Crippen MR) is 87.6 cm³/mol. The van der Waals surface area contributed by atoms with Crippen LogP contribution in [0.5, 0.6) is 0 Å². The first kappa shape index (κ1) is 15.8. The van der Waals surface area contributed by atoms with Crippen molar-refractivity contribution in [3.05, 3.63) is 29.8 Å². The first-order chi connectivity index (χ1) is 9.83. The fourth-order valence-corrected chi connectivity index (χ4v) is 2.91. The molecule has 0 saturated heterocycles. The molecule has 1 amide bonds. The van der Waals surface area contributed by atoms with E-state index < -0.39 is 0 Å². The van der Waals surface area contributed by atoms with Crippen molar-refractivity contribution in [3.63, 3.8) is 0 Å². The van der Waals surface area contributed by atoms with Crippen LogP contribution in [0.25, 0.3) is 0 Å². The highest BCUT2D eigenvalue weighted by atomic mass is 16.2. The number of para-hydroxylation sites is 1. The van der Waals surface area contributed by atoms with E-state index in [0.29, 0.717) is 6.04 Å². The largest absolute Gasteiger partial charge is 0.359 e. The monoisotopic (exact) mass is 289 g/mol. The maximum absolute atomic E-state index is 12.5. The topological polar surface area (TPSA) is 44.4 Å². The van der Waals surface area contributed by atoms with Crippen LogP contribution in [0.1, 0.15) is 45.7 Å². The molecule has 21 heavy (non-hydrogen) atoms. The van der Waals surface area contributed by atoms with E-state index in [4.69, 9.17) is 0 Å². The van der Waals surface area contributed by atoms with Crippen molar-refractivity contribution in [1.29, 1.82) is 0 Å². The van der Waals surface area contributed by atoms with Crippen LogP contribution in [0.4, 0.5) is 5.69 Å². The van der Waals surface area contributed by atoms with Crippen LogP contribution in [0.15, 0.2) is 24.3 Å². The summed E-state index contributed by atoms with van der Waals surface area (Å²) in [7, 11) is 1.99. The van der Waals surface area contributed by atoms with E-state index in [9.17, 15) is 4.79 Å². The van der Waals surface area contributed by atoms with Gasteiger partial charge in [0, 0.05) is 23.8 Å². The minimum absolute atomic E-state index is 0.0835. The van der Waals surface area contributed by atoms with Crippen LogP contribution in [-0.4, -0.2) is 31.1 Å². The zero-order valence-electron chi connectivity index (χ0n) is 13.7. The molecule has 0 radical (unpaired) electrons. The van der Waals surface area contributed by atoms with Gasteiger partial charge in [-0.2, -0.15) is 0 Å². The standard InChI is InChI=1S/C17H27N3O/c1-12(16(21)19-17(2,3)4)20-11-10-14(18-5)13-8-6-7-9-15(13)20/h6-9,12,14,18H,10-11H2,1-5H3,(H,19,21). The summed E-state index contributed by atoms with van der Waals surface area (Å²) >= 11 is 0. The van der Waals surface area contributed by atoms with Gasteiger partial charge in [0.05, 0.1) is 0 Å². The molecule has 2 unspecified atom stereocenters. The molecular weight excluding hydrogens is 262 g/mol. The van der Waals surface area contributed by atoms with E-state index in [1.54, 1.807) is 0 Å². The lowest BCUT2D eigenvalue weighted by atomic mass is 9.95. The molecular formula is C17H27N3O. The van der Waals surface area contributed by atoms with E-state index in [1.807, 2.05) is 40.8 Å². The Bertz CT molecular complexity index is 507. The maximum atomic E-state index is 12.5. The predicted octanol–water partition coefficient (Wildman–Crippen LogP) is 2.46. The van der Waals surface area contributed by atoms with Crippen molar-refractivity contribution in [2.75, 3.05) is 18.5 Å². The highest BCUT2D eigenvalue weighted by molar-refractivity contribution is 5.86. The van der Waals surface area contributed by atoms with Crippen molar-refractivity contribution >= 4 is 11.6 Å². The van der Waals surface area contributed by atoms with Crippen LogP contribution in [0, 0.1) is 0 Å². The van der Waals surface area contributed by atoms with E-state index in [0.717, 1.165) is 13.0 Å². The minimum atomic E-state index is -0.200. The van der Waals surface area contributed by atoms with E-state index >= 15 is 0 Å². The Morgan fingerprint density at radius 2 is 2.00 bits per heavy atom. The Morgan fingerprint density at radius 1 is 1.33 bits per heavy atom. The van der Waals surface area contributed by atoms with Gasteiger partial charge in [-0.1, -0.05) is 18.2 Å². The molecule has 4 heteroatoms. The second kappa shape index (κ2) is 6.06. The zero-order valence-corrected chi connectivity index (χ0v) is 13.7. The van der Waals surface area contributed by atoms with Gasteiger partial charge < -0.3 is 15.5 Å². The van der Waals surface area contributed by atoms with Gasteiger partial charge in [-0.3, -0.25) is 4.79 Å². The minimum Gasteiger partial charge on any atom is -0.359 e. The lowest BCUT2D eigenvalue weighted by Crippen LogP contribution is -2.52. The lowest BCUT2D eigenvalue weighted by Gasteiger charge is -2.39. The molecule has 2 atom stereocenters. The number of carbonyl (C=O) groups excluding carboxylic acids is 1. The number of hydrogen-bond acceptors (Lipinski definition) is 3. The maximum Gasteiger partial charge on any atom is 0.242 e. The van der Waals surface area contributed by atoms with Gasteiger partial charge in [0.1, 0.15) is 6.04 Å². The van der Waals surface area contributed by atoms with Crippen molar-refractivity contribution in [3.8, 4) is 0 Å². The fraction of sp³-hybridized carbons (Fsp3) is 0.588. The van der Waals surface area contributed by atoms with Crippen molar-refractivity contribution in [2.24, 2.45) is 0 Å². The van der Waals surface area contributed by atoms with Crippen LogP contribution in [0.2, 0.25) is 0 Å². The van der Waals surface area contributed by atoms with Gasteiger partial charge in [0.15, 0.2) is 0 Å². The quantitative estimate of drug-likeness (QED) is 0.898. The summed E-state index contributed by atoms with van der Waals surface area (Å²) in [5.41, 5.74) is 2.25. The number of hydrogen-bond donors (Lipinski definition) is 2. The van der Waals surface area contributed by atoms with E-state index in [1.165, 1.54) is 11.3 Å². The smallest absolute Gasteiger partial charge is 0.242 e. The van der Waals surface area contributed by atoms with Crippen molar-refractivity contribution in [1.82, 2.24) is 10.6 Å². The molecule has 0 spiro atoms. The molecule has 4 nitrogen and oxygen atoms in total. The number of fused-ring (bicyclic) bond motifs is 1. The first-order valence-electron chi connectivity index (χ1n) is 7.68. The van der Waals surface area contributed by atoms with Crippen molar-refractivity contribution < 1.29 is 4.79 Å². The third-order valence-corrected chi connectivity index (χ3v) is 3.97. The number of nitrogens with zero attached hydrogens (tertiary/aromatic N) is 1. The summed E-state index contributed by atoms with van der Waals surface area (Å²) in [5.74, 6) is 0.0835. The number of benzene rings is 1. The SMILES string of the molecule is CNC1CCN(C(C)C(=O)NC(C)(C)C)c2ccccc21. The third-order valence-electron chi connectivity index (χ3n) is 3.97. The Labute approximate surface area is 127 Å². The Hall–Kier alpha value is -1.55. The number of anilines is 1. The lowest BCUT2D eigenvalue weighted by molar-refractivity contribution is -0.123. The molecule has 0 saturated carbocycles. The van der Waals surface area contributed by atoms with E-state index in [2.05, 4.69) is 33.7 Å². The highest BCUT2D eigenvalue weighted by Gasteiger charge is 2.30. The van der Waals surface area contributed by atoms with Crippen molar-refractivity contribution in [2.45, 2.75) is 51.7 Å². The number of carbonyl (C=O) groups is 1. The summed E-state index contributed by atoms with van der Waals surface area (Å²) in [6, 6.07) is 8.57. The second-order valence-electron chi connectivity index (χ2n) is 6.80. The zero-order chi connectivity index (χ0) is 15.6. The average molecular weight is 289 g/mol. The number of amides is 1. The van der Waals surface area contributed by atoms with Gasteiger partial charge in [0.25, 0.3) is 0 Å². The molecule has 0 fully saturated rings. The first-order valence-corrected chi connectivity index (χ1v) is 7.68. The second-order valence-corrected chi connectivity index (χ2v) is 6.80. The van der Waals surface area contributed by atoms with Gasteiger partial charge in [-0.05, 0) is 52.8 Å². The molecule has 2 rings (SSSR count). The fourth-order valence-electron chi connectivity index (χ4n) is 2.91. The summed E-state index contributed by atoms with van der Waals surface area (Å²) in [6.45, 7) is 8.91. The van der Waals surface area contributed by atoms with Gasteiger partial charge >= 0.3 is 0 Å². The molecule has 1 aromatic rings. The van der Waals surface area contributed by atoms with E-state index in [-0.39, 0.29) is 17.5 Å². The molecule has 2 N–H and O–H groups in total. The Morgan fingerprint density at radius 3 is 2.62 bits per heavy atom. The van der Waals surface area contributed by atoms with Gasteiger partial charge in [0.2, 0.25) is 5.91 Å². The summed E-state index contributed by atoms with van der Waals surface area (Å²) < 4.78 is 0. The molecule has 1 aliphatic rings. The molecule has 1 aliphatic heterocycles. The highest BCUT2D eigenvalue weighted by Crippen LogP contribution is 2.34. The summed E-state index contributed by atoms with van der Waals surface area (Å²) in [6.07, 6.45) is 1.01. The average Bonchev–Trinajstić information content (AvgIpc) is 2.43. The molecule has 1 aromatic carbocycles. The number of rotatable bonds is 3. The van der Waals surface area contributed by atoms with Crippen LogP contribution in [-0.2, 0) is 4.79 Å². The Balaban J connectivity index is 2.23. The van der Waals surface area contributed by atoms with Crippen LogP contribution < -0.4 is 15.5 Å². The molecule has 0 aromatic heterocycles. The normalized spacial score (nSPS) is 19.9. The van der Waals surface area contributed by atoms with Gasteiger partial charge in [-0.15, -0.1) is 0 Å². The molecule has 1 heterocycles. The Kier molecular flexibility index (Phi) is 4.57. The van der Waals surface area contributed by atoms with Crippen LogP contribution >= 0.6 is 0 Å². The molecule has 0 aliphatic carbocycles. The van der Waals surface area contributed by atoms with Crippen LogP contribution in [0.3, 0.4) is 0 Å². The third kappa shape index (κ3) is 3.56. The summed E-state index contributed by atoms with van der Waals surface area (Å²) in [5, 5.41) is 6.44. The molecule has 0 bridgehead atoms. The van der Waals surface area contributed by atoms with Gasteiger partial charge in [-0.25, -0.2) is 0 Å². The summed E-state index contributed by atoms with van der Waals surface area (Å²) in [4.78, 5) is 14.7. The number of nitrogens with one attached hydrogen (secondary N) is 2. The molecule has 116 valence electrons.